The van der Waals surface area contributed by atoms with Crippen molar-refractivity contribution in [3.8, 4) is 0 Å². The molecule has 3 rings (SSSR count). The third-order valence-corrected chi connectivity index (χ3v) is 4.57. The molecule has 1 aliphatic rings. The van der Waals surface area contributed by atoms with Crippen LogP contribution in [0.2, 0.25) is 0 Å². The second-order valence-corrected chi connectivity index (χ2v) is 6.58. The summed E-state index contributed by atoms with van der Waals surface area (Å²) in [5.74, 6) is -0.489. The van der Waals surface area contributed by atoms with Crippen LogP contribution in [0, 0.1) is 6.92 Å². The minimum atomic E-state index is -0.317. The summed E-state index contributed by atoms with van der Waals surface area (Å²) < 4.78 is 0. The van der Waals surface area contributed by atoms with E-state index in [-0.39, 0.29) is 17.7 Å². The molecule has 1 aromatic heterocycles. The van der Waals surface area contributed by atoms with Crippen LogP contribution in [0.3, 0.4) is 0 Å². The first-order valence-corrected chi connectivity index (χ1v) is 8.82. The van der Waals surface area contributed by atoms with Crippen LogP contribution in [0.1, 0.15) is 33.2 Å². The number of hydrogen-bond acceptors (Lipinski definition) is 4. The maximum Gasteiger partial charge on any atom is 0.257 e. The molecule has 1 fully saturated rings. The number of aromatic nitrogens is 1. The fourth-order valence-electron chi connectivity index (χ4n) is 2.93. The van der Waals surface area contributed by atoms with E-state index >= 15 is 0 Å². The summed E-state index contributed by atoms with van der Waals surface area (Å²) in [5.41, 5.74) is 2.47. The van der Waals surface area contributed by atoms with Crippen LogP contribution < -0.4 is 5.32 Å². The molecule has 0 spiro atoms. The number of anilines is 1. The monoisotopic (exact) mass is 366 g/mol. The van der Waals surface area contributed by atoms with Gasteiger partial charge < -0.3 is 15.1 Å². The molecule has 2 aromatic rings. The predicted molar refractivity (Wildman–Crippen MR) is 102 cm³/mol. The summed E-state index contributed by atoms with van der Waals surface area (Å²) in [4.78, 5) is 44.0. The van der Waals surface area contributed by atoms with Gasteiger partial charge in [-0.2, -0.15) is 0 Å². The number of carbonyl (C=O) groups excluding carboxylic acids is 3. The Hall–Kier alpha value is -3.22. The number of hydrogen-bond donors (Lipinski definition) is 1. The second-order valence-electron chi connectivity index (χ2n) is 6.58. The van der Waals surface area contributed by atoms with Gasteiger partial charge in [0.1, 0.15) is 0 Å². The summed E-state index contributed by atoms with van der Waals surface area (Å²) in [6.07, 6.45) is 2.90. The molecule has 1 N–H and O–H groups in total. The van der Waals surface area contributed by atoms with Gasteiger partial charge >= 0.3 is 0 Å². The minimum absolute atomic E-state index is 0.0125. The van der Waals surface area contributed by atoms with E-state index in [2.05, 4.69) is 10.3 Å². The summed E-state index contributed by atoms with van der Waals surface area (Å²) in [5, 5.41) is 2.80. The van der Waals surface area contributed by atoms with E-state index in [4.69, 9.17) is 0 Å². The lowest BCUT2D eigenvalue weighted by Crippen LogP contribution is -2.50. The Morgan fingerprint density at radius 3 is 2.15 bits per heavy atom. The number of pyridine rings is 1. The Kier molecular flexibility index (Phi) is 5.49. The van der Waals surface area contributed by atoms with Gasteiger partial charge in [0.05, 0.1) is 11.1 Å². The molecule has 2 heterocycles. The van der Waals surface area contributed by atoms with Crippen molar-refractivity contribution in [3.63, 3.8) is 0 Å². The maximum atomic E-state index is 12.7. The molecule has 1 aliphatic heterocycles. The van der Waals surface area contributed by atoms with Gasteiger partial charge in [0, 0.05) is 51.2 Å². The predicted octanol–water partition coefficient (Wildman–Crippen LogP) is 1.95. The van der Waals surface area contributed by atoms with Gasteiger partial charge in [-0.3, -0.25) is 19.4 Å². The van der Waals surface area contributed by atoms with E-state index < -0.39 is 0 Å². The van der Waals surface area contributed by atoms with Crippen molar-refractivity contribution in [2.45, 2.75) is 13.8 Å². The molecule has 0 bridgehead atoms. The van der Waals surface area contributed by atoms with E-state index in [0.717, 1.165) is 5.56 Å². The normalized spacial score (nSPS) is 14.0. The molecule has 0 aliphatic carbocycles. The number of carbonyl (C=O) groups is 3. The van der Waals surface area contributed by atoms with Gasteiger partial charge in [-0.05, 0) is 25.1 Å². The molecule has 3 amide bonds. The van der Waals surface area contributed by atoms with Crippen LogP contribution in [0.25, 0.3) is 0 Å². The highest BCUT2D eigenvalue weighted by atomic mass is 16.2. The van der Waals surface area contributed by atoms with Crippen molar-refractivity contribution in [2.24, 2.45) is 0 Å². The van der Waals surface area contributed by atoms with Crippen molar-refractivity contribution >= 4 is 23.4 Å². The number of nitrogens with zero attached hydrogens (tertiary/aromatic N) is 3. The lowest BCUT2D eigenvalue weighted by Gasteiger charge is -2.34. The minimum Gasteiger partial charge on any atom is -0.339 e. The van der Waals surface area contributed by atoms with E-state index in [1.54, 1.807) is 15.9 Å². The first-order chi connectivity index (χ1) is 12.9. The molecule has 7 heteroatoms. The Balaban J connectivity index is 1.67. The van der Waals surface area contributed by atoms with Crippen LogP contribution in [0.15, 0.2) is 42.7 Å². The number of amides is 3. The zero-order chi connectivity index (χ0) is 19.4. The second kappa shape index (κ2) is 7.99. The summed E-state index contributed by atoms with van der Waals surface area (Å²) >= 11 is 0. The molecule has 1 aromatic carbocycles. The molecule has 0 unspecified atom stereocenters. The standard InChI is InChI=1S/C20H22N4O3/c1-14-3-5-18(6-4-14)22-19(26)16-11-17(13-21-12-16)20(27)24-9-7-23(8-10-24)15(2)25/h3-6,11-13H,7-10H2,1-2H3,(H,22,26). The number of aryl methyl sites for hydroxylation is 1. The number of benzene rings is 1. The maximum absolute atomic E-state index is 12.7. The summed E-state index contributed by atoms with van der Waals surface area (Å²) in [6.45, 7) is 5.47. The lowest BCUT2D eigenvalue weighted by molar-refractivity contribution is -0.130. The van der Waals surface area contributed by atoms with Gasteiger partial charge in [0.2, 0.25) is 5.91 Å². The van der Waals surface area contributed by atoms with Crippen LogP contribution in [-0.2, 0) is 4.79 Å². The van der Waals surface area contributed by atoms with Crippen molar-refractivity contribution in [1.82, 2.24) is 14.8 Å². The molecule has 0 radical (unpaired) electrons. The highest BCUT2D eigenvalue weighted by molar-refractivity contribution is 6.05. The lowest BCUT2D eigenvalue weighted by atomic mass is 10.1. The topological polar surface area (TPSA) is 82.6 Å². The van der Waals surface area contributed by atoms with Crippen molar-refractivity contribution < 1.29 is 14.4 Å². The Morgan fingerprint density at radius 1 is 0.926 bits per heavy atom. The quantitative estimate of drug-likeness (QED) is 0.900. The van der Waals surface area contributed by atoms with Gasteiger partial charge in [-0.25, -0.2) is 0 Å². The van der Waals surface area contributed by atoms with Crippen molar-refractivity contribution in [1.29, 1.82) is 0 Å². The highest BCUT2D eigenvalue weighted by Gasteiger charge is 2.24. The summed E-state index contributed by atoms with van der Waals surface area (Å²) in [7, 11) is 0. The van der Waals surface area contributed by atoms with Crippen LogP contribution in [0.5, 0.6) is 0 Å². The smallest absolute Gasteiger partial charge is 0.257 e. The average molecular weight is 366 g/mol. The first kappa shape index (κ1) is 18.6. The van der Waals surface area contributed by atoms with Gasteiger partial charge in [0.15, 0.2) is 0 Å². The number of rotatable bonds is 3. The summed E-state index contributed by atoms with van der Waals surface area (Å²) in [6, 6.07) is 9.02. The molecular weight excluding hydrogens is 344 g/mol. The van der Waals surface area contributed by atoms with E-state index in [1.807, 2.05) is 31.2 Å². The Bertz CT molecular complexity index is 856. The fourth-order valence-corrected chi connectivity index (χ4v) is 2.93. The largest absolute Gasteiger partial charge is 0.339 e. The zero-order valence-corrected chi connectivity index (χ0v) is 15.4. The average Bonchev–Trinajstić information content (AvgIpc) is 2.69. The Labute approximate surface area is 158 Å². The number of piperazine rings is 1. The molecule has 1 saturated heterocycles. The first-order valence-electron chi connectivity index (χ1n) is 8.82. The van der Waals surface area contributed by atoms with E-state index in [1.165, 1.54) is 19.3 Å². The van der Waals surface area contributed by atoms with E-state index in [0.29, 0.717) is 43.0 Å². The molecule has 0 saturated carbocycles. The number of nitrogens with one attached hydrogen (secondary N) is 1. The van der Waals surface area contributed by atoms with Crippen LogP contribution >= 0.6 is 0 Å². The van der Waals surface area contributed by atoms with Gasteiger partial charge in [-0.15, -0.1) is 0 Å². The SMILES string of the molecule is CC(=O)N1CCN(C(=O)c2cncc(C(=O)Nc3ccc(C)cc3)c2)CC1. The van der Waals surface area contributed by atoms with E-state index in [9.17, 15) is 14.4 Å². The molecular formula is C20H22N4O3. The van der Waals surface area contributed by atoms with Gasteiger partial charge in [-0.1, -0.05) is 17.7 Å². The van der Waals surface area contributed by atoms with Crippen LogP contribution in [0.4, 0.5) is 5.69 Å². The van der Waals surface area contributed by atoms with Crippen LogP contribution in [-0.4, -0.2) is 58.7 Å². The van der Waals surface area contributed by atoms with Crippen molar-refractivity contribution in [3.05, 3.63) is 59.4 Å². The third kappa shape index (κ3) is 4.49. The highest BCUT2D eigenvalue weighted by Crippen LogP contribution is 2.13. The Morgan fingerprint density at radius 2 is 1.52 bits per heavy atom. The molecule has 27 heavy (non-hydrogen) atoms. The zero-order valence-electron chi connectivity index (χ0n) is 15.4. The third-order valence-electron chi connectivity index (χ3n) is 4.57. The fraction of sp³-hybridized carbons (Fsp3) is 0.300. The molecule has 140 valence electrons. The van der Waals surface area contributed by atoms with Gasteiger partial charge in [0.25, 0.3) is 11.8 Å². The molecule has 0 atom stereocenters. The molecule has 7 nitrogen and oxygen atoms in total. The van der Waals surface area contributed by atoms with Crippen molar-refractivity contribution in [2.75, 3.05) is 31.5 Å².